The first kappa shape index (κ1) is 90.5. The number of carbonyl (C=O) groups is 3. The number of aromatic carboxylic acids is 2. The summed E-state index contributed by atoms with van der Waals surface area (Å²) in [4.78, 5) is 54.4. The van der Waals surface area contributed by atoms with E-state index in [1.54, 1.807) is 63.8 Å². The van der Waals surface area contributed by atoms with Crippen LogP contribution >= 0.6 is 0 Å². The Morgan fingerprint density at radius 2 is 0.744 bits per heavy atom. The molecule has 2 atom stereocenters. The fourth-order valence-corrected chi connectivity index (χ4v) is 13.5. The highest BCUT2D eigenvalue weighted by Gasteiger charge is 2.23. The van der Waals surface area contributed by atoms with E-state index < -0.39 is 18.0 Å². The fraction of sp³-hybridized carbons (Fsp3) is 0.143. The predicted molar refractivity (Wildman–Crippen MR) is 489 cm³/mol. The van der Waals surface area contributed by atoms with Crippen LogP contribution in [0.3, 0.4) is 0 Å². The lowest BCUT2D eigenvalue weighted by atomic mass is 9.97. The first-order valence-electron chi connectivity index (χ1n) is 40.5. The third kappa shape index (κ3) is 25.4. The van der Waals surface area contributed by atoms with Crippen molar-refractivity contribution < 1.29 is 68.3 Å². The van der Waals surface area contributed by atoms with Crippen molar-refractivity contribution in [3.63, 3.8) is 0 Å². The molecule has 20 nitrogen and oxygen atoms in total. The van der Waals surface area contributed by atoms with Gasteiger partial charge in [-0.15, -0.1) is 0 Å². The number of nitrogens with one attached hydrogen (secondary N) is 3. The zero-order chi connectivity index (χ0) is 88.2. The summed E-state index contributed by atoms with van der Waals surface area (Å²) in [5.74, 6) is 1.93. The molecule has 0 aliphatic carbocycles. The van der Waals surface area contributed by atoms with E-state index in [0.717, 1.165) is 140 Å². The lowest BCUT2D eigenvalue weighted by molar-refractivity contribution is 0.0684. The van der Waals surface area contributed by atoms with Gasteiger partial charge in [0.2, 0.25) is 0 Å². The van der Waals surface area contributed by atoms with Gasteiger partial charge in [0, 0.05) is 93.8 Å². The van der Waals surface area contributed by atoms with Crippen LogP contribution in [-0.2, 0) is 44.4 Å². The number of aromatic nitrogens is 6. The van der Waals surface area contributed by atoms with Gasteiger partial charge in [-0.1, -0.05) is 212 Å². The summed E-state index contributed by atoms with van der Waals surface area (Å²) >= 11 is 0. The van der Waals surface area contributed by atoms with Gasteiger partial charge in [-0.3, -0.25) is 4.79 Å². The zero-order valence-electron chi connectivity index (χ0n) is 70.6. The maximum Gasteiger partial charge on any atom is 0.336 e. The minimum absolute atomic E-state index is 0.0184. The predicted octanol–water partition coefficient (Wildman–Crippen LogP) is 22.4. The molecule has 11 aromatic carbocycles. The molecule has 0 radical (unpaired) electrons. The summed E-state index contributed by atoms with van der Waals surface area (Å²) in [5.41, 5.74) is 19.0. The van der Waals surface area contributed by atoms with Crippen molar-refractivity contribution in [2.75, 3.05) is 7.11 Å². The Morgan fingerprint density at radius 3 is 1.18 bits per heavy atom. The van der Waals surface area contributed by atoms with Crippen LogP contribution in [0.5, 0.6) is 34.5 Å². The molecule has 0 spiro atoms. The summed E-state index contributed by atoms with van der Waals surface area (Å²) in [5, 5.41) is 50.0. The highest BCUT2D eigenvalue weighted by Crippen LogP contribution is 2.37. The Morgan fingerprint density at radius 1 is 0.368 bits per heavy atom. The van der Waals surface area contributed by atoms with Gasteiger partial charge in [-0.05, 0) is 194 Å². The van der Waals surface area contributed by atoms with E-state index in [4.69, 9.17) is 43.7 Å². The minimum atomic E-state index is -1.02. The number of carboxylic acid groups (broad SMARTS) is 2. The van der Waals surface area contributed by atoms with E-state index in [1.165, 1.54) is 18.2 Å². The van der Waals surface area contributed by atoms with Crippen LogP contribution in [0.2, 0.25) is 0 Å². The van der Waals surface area contributed by atoms with E-state index in [2.05, 4.69) is 61.1 Å². The van der Waals surface area contributed by atoms with Crippen LogP contribution < -0.4 is 23.7 Å². The number of benzene rings is 11. The second kappa shape index (κ2) is 46.5. The molecule has 0 aliphatic rings. The number of H-pyrrole nitrogens is 3. The zero-order valence-corrected chi connectivity index (χ0v) is 70.6. The average molecular weight is 1670 g/mol. The Hall–Kier alpha value is -15.2. The molecule has 8 N–H and O–H groups in total. The standard InChI is InChI=1S/C23H22N2O2.C22H20N2O2.C15H14O3.C15H16O2.C15H14O2.C8H8O3.C7H6N2/c1-16-18(10-6-12-21(16)27-15-17-8-4-3-5-9-17)22(26-2)20-14-25-23-19(20)11-7-13-24-23;1-15-17(21(25)19-13-24-22-18(19)10-6-12-23-22)9-5-11-20(15)26-14-16-7-3-2-4-8-16;1-11-13(15(16)17)8-5-9-14(11)18-10-12-6-3-2-4-7-12;2*1-12-14(10-16)8-5-9-15(12)17-11-13-6-3-2-4-7-13;1-5-6(8(10)11)3-2-4-7(5)9;1-2-6-3-5-9-7(6)8-4-1/h3-14,22H,15H2,1-2H3,(H,24,25);2-13,21,25H,14H2,1H3,(H,23,24);2-9H,10H2,1H3,(H,16,17);2-9,16H,10-11H2,1H3;2-10H,11H2,1H3;2-4,9H,1H3,(H,10,11);1-5H,(H,8,9). The number of aromatic amines is 3. The number of methoxy groups -OCH3 is 1. The van der Waals surface area contributed by atoms with Crippen molar-refractivity contribution >= 4 is 51.3 Å². The topological polar surface area (TPSA) is 294 Å². The number of phenols is 1. The van der Waals surface area contributed by atoms with Crippen molar-refractivity contribution in [3.8, 4) is 34.5 Å². The number of ether oxygens (including phenoxy) is 6. The molecule has 17 rings (SSSR count). The third-order valence-electron chi connectivity index (χ3n) is 20.6. The Balaban J connectivity index is 0.000000145. The number of phenolic OH excluding ortho intramolecular Hbond substituents is 1. The number of hydrogen-bond acceptors (Lipinski definition) is 15. The molecular weight excluding hydrogens is 1570 g/mol. The van der Waals surface area contributed by atoms with E-state index >= 15 is 0 Å². The van der Waals surface area contributed by atoms with Crippen LogP contribution in [0.1, 0.15) is 132 Å². The van der Waals surface area contributed by atoms with E-state index in [-0.39, 0.29) is 29.6 Å². The lowest BCUT2D eigenvalue weighted by Gasteiger charge is -2.20. The van der Waals surface area contributed by atoms with Crippen LogP contribution in [0, 0.1) is 41.5 Å². The molecule has 17 aromatic rings. The molecule has 6 heterocycles. The number of fused-ring (bicyclic) bond motifs is 3. The minimum Gasteiger partial charge on any atom is -0.508 e. The summed E-state index contributed by atoms with van der Waals surface area (Å²) in [6.07, 6.45) is 10.9. The van der Waals surface area contributed by atoms with Crippen LogP contribution in [-0.4, -0.2) is 80.8 Å². The number of carbonyl (C=O) groups excluding carboxylic acids is 1. The van der Waals surface area contributed by atoms with Gasteiger partial charge in [0.1, 0.15) is 103 Å². The fourth-order valence-electron chi connectivity index (χ4n) is 13.5. The Kier molecular flexibility index (Phi) is 33.7. The van der Waals surface area contributed by atoms with E-state index in [9.17, 15) is 24.6 Å². The van der Waals surface area contributed by atoms with Gasteiger partial charge in [-0.25, -0.2) is 24.5 Å². The quantitative estimate of drug-likeness (QED) is 0.0261. The molecule has 2 unspecified atom stereocenters. The van der Waals surface area contributed by atoms with Gasteiger partial charge in [0.25, 0.3) is 0 Å². The number of aliphatic hydroxyl groups excluding tert-OH is 2. The number of carboxylic acids is 2. The number of hydrogen-bond donors (Lipinski definition) is 8. The molecular formula is C105H100N6O14. The SMILES string of the molecule is COC(c1cccc(OCc2ccccc2)c1C)c1c[nH]c2ncccc12.Cc1c(C=O)cccc1OCc1ccccc1.Cc1c(CO)cccc1OCc1ccccc1.Cc1c(O)cccc1C(=O)O.Cc1c(OCc2ccccc2)cccc1C(=O)O.Cc1c(OCc2ccccc2)cccc1C(O)c1c[nH]c2ncccc12.c1cnc2[nH]ccc2c1. The van der Waals surface area contributed by atoms with Gasteiger partial charge in [0.05, 0.1) is 17.7 Å². The lowest BCUT2D eigenvalue weighted by Crippen LogP contribution is -2.07. The summed E-state index contributed by atoms with van der Waals surface area (Å²) < 4.78 is 35.1. The first-order chi connectivity index (χ1) is 60.9. The van der Waals surface area contributed by atoms with Crippen molar-refractivity contribution in [1.82, 2.24) is 29.9 Å². The summed E-state index contributed by atoms with van der Waals surface area (Å²) in [7, 11) is 1.73. The second-order valence-electron chi connectivity index (χ2n) is 28.8. The third-order valence-corrected chi connectivity index (χ3v) is 20.6. The molecule has 0 saturated carbocycles. The molecule has 125 heavy (non-hydrogen) atoms. The highest BCUT2D eigenvalue weighted by atomic mass is 16.5. The van der Waals surface area contributed by atoms with Crippen molar-refractivity contribution in [2.24, 2.45) is 0 Å². The van der Waals surface area contributed by atoms with Gasteiger partial charge in [-0.2, -0.15) is 0 Å². The number of aliphatic hydroxyl groups is 2. The molecule has 0 amide bonds. The molecule has 634 valence electrons. The second-order valence-corrected chi connectivity index (χ2v) is 28.8. The van der Waals surface area contributed by atoms with Crippen LogP contribution in [0.4, 0.5) is 0 Å². The number of aldehydes is 1. The largest absolute Gasteiger partial charge is 0.508 e. The maximum atomic E-state index is 11.0. The number of nitrogens with zero attached hydrogens (tertiary/aromatic N) is 3. The number of pyridine rings is 3. The smallest absolute Gasteiger partial charge is 0.336 e. The van der Waals surface area contributed by atoms with Crippen LogP contribution in [0.15, 0.2) is 340 Å². The monoisotopic (exact) mass is 1670 g/mol. The average Bonchev–Trinajstić information content (AvgIpc) is 1.72. The van der Waals surface area contributed by atoms with Crippen molar-refractivity contribution in [1.29, 1.82) is 0 Å². The van der Waals surface area contributed by atoms with Gasteiger partial charge >= 0.3 is 11.9 Å². The number of aromatic hydroxyl groups is 1. The van der Waals surface area contributed by atoms with Crippen molar-refractivity contribution in [2.45, 2.75) is 93.4 Å². The normalized spacial score (nSPS) is 11.0. The Bertz CT molecular complexity index is 6230. The summed E-state index contributed by atoms with van der Waals surface area (Å²) in [6.45, 7) is 13.8. The Labute approximate surface area is 726 Å². The van der Waals surface area contributed by atoms with Crippen molar-refractivity contribution in [3.05, 3.63) is 446 Å². The highest BCUT2D eigenvalue weighted by molar-refractivity contribution is 5.91. The van der Waals surface area contributed by atoms with Gasteiger partial charge < -0.3 is 68.9 Å². The molecule has 0 saturated heterocycles. The summed E-state index contributed by atoms with van der Waals surface area (Å²) in [6, 6.07) is 96.4. The maximum absolute atomic E-state index is 11.0. The first-order valence-corrected chi connectivity index (χ1v) is 40.5. The molecule has 0 aliphatic heterocycles. The molecule has 0 fully saturated rings. The van der Waals surface area contributed by atoms with Gasteiger partial charge in [0.15, 0.2) is 0 Å². The molecule has 20 heteroatoms. The van der Waals surface area contributed by atoms with E-state index in [1.807, 2.05) is 276 Å². The van der Waals surface area contributed by atoms with E-state index in [0.29, 0.717) is 55.5 Å². The van der Waals surface area contributed by atoms with Crippen LogP contribution in [0.25, 0.3) is 33.1 Å². The molecule has 6 aromatic heterocycles. The molecule has 0 bridgehead atoms. The number of rotatable bonds is 24.